The van der Waals surface area contributed by atoms with Crippen LogP contribution in [0.4, 0.5) is 0 Å². The summed E-state index contributed by atoms with van der Waals surface area (Å²) < 4.78 is 5.37. The van der Waals surface area contributed by atoms with Crippen LogP contribution in [0, 0.1) is 0 Å². The van der Waals surface area contributed by atoms with Crippen LogP contribution in [-0.2, 0) is 9.53 Å². The van der Waals surface area contributed by atoms with Crippen molar-refractivity contribution in [2.75, 3.05) is 26.3 Å². The summed E-state index contributed by atoms with van der Waals surface area (Å²) in [5.41, 5.74) is 0. The van der Waals surface area contributed by atoms with Crippen molar-refractivity contribution in [3.8, 4) is 0 Å². The van der Waals surface area contributed by atoms with Crippen LogP contribution in [0.2, 0.25) is 0 Å². The monoisotopic (exact) mass is 262 g/mol. The molecule has 0 spiro atoms. The van der Waals surface area contributed by atoms with Gasteiger partial charge >= 0.3 is 0 Å². The molecule has 0 aromatic heterocycles. The topological polar surface area (TPSA) is 41.6 Å². The predicted molar refractivity (Wildman–Crippen MR) is 69.5 cm³/mol. The molecule has 0 aromatic rings. The SMILES string of the molecule is CCCN(C(=O)CC1COCCN1)C1CC1.Cl. The molecule has 2 rings (SSSR count). The summed E-state index contributed by atoms with van der Waals surface area (Å²) in [6.45, 7) is 5.36. The van der Waals surface area contributed by atoms with E-state index >= 15 is 0 Å². The number of nitrogens with one attached hydrogen (secondary N) is 1. The van der Waals surface area contributed by atoms with Gasteiger partial charge in [-0.3, -0.25) is 4.79 Å². The Labute approximate surface area is 109 Å². The Morgan fingerprint density at radius 1 is 1.47 bits per heavy atom. The number of hydrogen-bond donors (Lipinski definition) is 1. The minimum absolute atomic E-state index is 0. The van der Waals surface area contributed by atoms with Crippen molar-refractivity contribution >= 4 is 18.3 Å². The van der Waals surface area contributed by atoms with Crippen molar-refractivity contribution in [3.05, 3.63) is 0 Å². The van der Waals surface area contributed by atoms with Crippen molar-refractivity contribution < 1.29 is 9.53 Å². The van der Waals surface area contributed by atoms with Gasteiger partial charge in [-0.05, 0) is 19.3 Å². The molecule has 100 valence electrons. The Morgan fingerprint density at radius 2 is 2.24 bits per heavy atom. The maximum atomic E-state index is 12.1. The number of halogens is 1. The first-order chi connectivity index (χ1) is 7.81. The lowest BCUT2D eigenvalue weighted by Crippen LogP contribution is -2.45. The molecular weight excluding hydrogens is 240 g/mol. The molecule has 0 aromatic carbocycles. The van der Waals surface area contributed by atoms with Crippen molar-refractivity contribution in [2.24, 2.45) is 0 Å². The van der Waals surface area contributed by atoms with Gasteiger partial charge in [0.25, 0.3) is 0 Å². The fraction of sp³-hybridized carbons (Fsp3) is 0.917. The van der Waals surface area contributed by atoms with Crippen LogP contribution in [0.25, 0.3) is 0 Å². The van der Waals surface area contributed by atoms with Gasteiger partial charge in [0, 0.05) is 31.6 Å². The highest BCUT2D eigenvalue weighted by Crippen LogP contribution is 2.27. The molecule has 0 radical (unpaired) electrons. The molecule has 1 atom stereocenters. The summed E-state index contributed by atoms with van der Waals surface area (Å²) in [6.07, 6.45) is 4.04. The number of carbonyl (C=O) groups excluding carboxylic acids is 1. The zero-order chi connectivity index (χ0) is 11.4. The van der Waals surface area contributed by atoms with Crippen LogP contribution in [0.3, 0.4) is 0 Å². The largest absolute Gasteiger partial charge is 0.378 e. The maximum Gasteiger partial charge on any atom is 0.224 e. The van der Waals surface area contributed by atoms with E-state index in [1.807, 2.05) is 0 Å². The maximum absolute atomic E-state index is 12.1. The third kappa shape index (κ3) is 4.45. The third-order valence-electron chi connectivity index (χ3n) is 3.19. The minimum Gasteiger partial charge on any atom is -0.378 e. The van der Waals surface area contributed by atoms with Crippen LogP contribution < -0.4 is 5.32 Å². The molecule has 17 heavy (non-hydrogen) atoms. The van der Waals surface area contributed by atoms with E-state index in [2.05, 4.69) is 17.1 Å². The second kappa shape index (κ2) is 7.19. The number of amides is 1. The summed E-state index contributed by atoms with van der Waals surface area (Å²) in [4.78, 5) is 14.2. The van der Waals surface area contributed by atoms with Crippen LogP contribution in [-0.4, -0.2) is 49.2 Å². The van der Waals surface area contributed by atoms with E-state index in [1.54, 1.807) is 0 Å². The molecule has 5 heteroatoms. The molecule has 1 heterocycles. The average Bonchev–Trinajstić information content (AvgIpc) is 3.11. The zero-order valence-electron chi connectivity index (χ0n) is 10.5. The highest BCUT2D eigenvalue weighted by Gasteiger charge is 2.32. The number of carbonyl (C=O) groups is 1. The van der Waals surface area contributed by atoms with Crippen molar-refractivity contribution in [3.63, 3.8) is 0 Å². The van der Waals surface area contributed by atoms with Gasteiger partial charge in [0.1, 0.15) is 0 Å². The van der Waals surface area contributed by atoms with Gasteiger partial charge in [-0.2, -0.15) is 0 Å². The molecule has 1 saturated heterocycles. The van der Waals surface area contributed by atoms with Crippen LogP contribution >= 0.6 is 12.4 Å². The van der Waals surface area contributed by atoms with E-state index < -0.39 is 0 Å². The summed E-state index contributed by atoms with van der Waals surface area (Å²) >= 11 is 0. The first-order valence-electron chi connectivity index (χ1n) is 6.42. The fourth-order valence-corrected chi connectivity index (χ4v) is 2.22. The van der Waals surface area contributed by atoms with Gasteiger partial charge in [-0.25, -0.2) is 0 Å². The molecule has 4 nitrogen and oxygen atoms in total. The molecule has 1 N–H and O–H groups in total. The average molecular weight is 263 g/mol. The summed E-state index contributed by atoms with van der Waals surface area (Å²) in [6, 6.07) is 0.760. The normalized spacial score (nSPS) is 23.9. The molecule has 2 fully saturated rings. The number of ether oxygens (including phenoxy) is 1. The van der Waals surface area contributed by atoms with E-state index in [4.69, 9.17) is 4.74 Å². The Balaban J connectivity index is 0.00000144. The van der Waals surface area contributed by atoms with E-state index in [0.29, 0.717) is 25.0 Å². The second-order valence-electron chi connectivity index (χ2n) is 4.75. The number of hydrogen-bond acceptors (Lipinski definition) is 3. The summed E-state index contributed by atoms with van der Waals surface area (Å²) in [5.74, 6) is 0.298. The van der Waals surface area contributed by atoms with Gasteiger partial charge in [0.2, 0.25) is 5.91 Å². The highest BCUT2D eigenvalue weighted by molar-refractivity contribution is 5.85. The van der Waals surface area contributed by atoms with Gasteiger partial charge in [0.15, 0.2) is 0 Å². The lowest BCUT2D eigenvalue weighted by molar-refractivity contribution is -0.133. The Morgan fingerprint density at radius 3 is 2.76 bits per heavy atom. The minimum atomic E-state index is 0. The standard InChI is InChI=1S/C12H22N2O2.ClH/c1-2-6-14(11-3-4-11)12(15)8-10-9-16-7-5-13-10;/h10-11,13H,2-9H2,1H3;1H. The Hall–Kier alpha value is -0.320. The van der Waals surface area contributed by atoms with E-state index in [1.165, 1.54) is 12.8 Å². The molecular formula is C12H23ClN2O2. The molecule has 1 aliphatic carbocycles. The predicted octanol–water partition coefficient (Wildman–Crippen LogP) is 1.19. The first-order valence-corrected chi connectivity index (χ1v) is 6.42. The Kier molecular flexibility index (Phi) is 6.23. The molecule has 1 saturated carbocycles. The third-order valence-corrected chi connectivity index (χ3v) is 3.19. The summed E-state index contributed by atoms with van der Waals surface area (Å²) in [5, 5.41) is 3.33. The lowest BCUT2D eigenvalue weighted by Gasteiger charge is -2.27. The van der Waals surface area contributed by atoms with E-state index in [-0.39, 0.29) is 18.4 Å². The highest BCUT2D eigenvalue weighted by atomic mass is 35.5. The smallest absolute Gasteiger partial charge is 0.224 e. The summed E-state index contributed by atoms with van der Waals surface area (Å²) in [7, 11) is 0. The van der Waals surface area contributed by atoms with Crippen LogP contribution in [0.5, 0.6) is 0 Å². The van der Waals surface area contributed by atoms with Gasteiger partial charge in [-0.15, -0.1) is 12.4 Å². The van der Waals surface area contributed by atoms with Crippen molar-refractivity contribution in [1.29, 1.82) is 0 Å². The molecule has 0 bridgehead atoms. The fourth-order valence-electron chi connectivity index (χ4n) is 2.22. The van der Waals surface area contributed by atoms with Crippen molar-refractivity contribution in [1.82, 2.24) is 10.2 Å². The Bertz CT molecular complexity index is 241. The molecule has 1 amide bonds. The number of nitrogens with zero attached hydrogens (tertiary/aromatic N) is 1. The number of morpholine rings is 1. The van der Waals surface area contributed by atoms with E-state index in [0.717, 1.165) is 26.1 Å². The van der Waals surface area contributed by atoms with Crippen LogP contribution in [0.1, 0.15) is 32.6 Å². The zero-order valence-corrected chi connectivity index (χ0v) is 11.3. The lowest BCUT2D eigenvalue weighted by atomic mass is 10.1. The molecule has 1 aliphatic heterocycles. The molecule has 2 aliphatic rings. The van der Waals surface area contributed by atoms with Crippen molar-refractivity contribution in [2.45, 2.75) is 44.7 Å². The first kappa shape index (κ1) is 14.7. The number of rotatable bonds is 5. The van der Waals surface area contributed by atoms with Crippen LogP contribution in [0.15, 0.2) is 0 Å². The van der Waals surface area contributed by atoms with Gasteiger partial charge in [0.05, 0.1) is 13.2 Å². The quantitative estimate of drug-likeness (QED) is 0.809. The van der Waals surface area contributed by atoms with Gasteiger partial charge < -0.3 is 15.0 Å². The molecule has 1 unspecified atom stereocenters. The van der Waals surface area contributed by atoms with E-state index in [9.17, 15) is 4.79 Å². The van der Waals surface area contributed by atoms with Gasteiger partial charge in [-0.1, -0.05) is 6.92 Å². The second-order valence-corrected chi connectivity index (χ2v) is 4.75.